The molecule has 0 radical (unpaired) electrons. The van der Waals surface area contributed by atoms with Gasteiger partial charge in [0.2, 0.25) is 5.91 Å². The lowest BCUT2D eigenvalue weighted by Gasteiger charge is -2.15. The predicted octanol–water partition coefficient (Wildman–Crippen LogP) is 1.94. The summed E-state index contributed by atoms with van der Waals surface area (Å²) in [6, 6.07) is 0. The molecule has 1 fully saturated rings. The summed E-state index contributed by atoms with van der Waals surface area (Å²) in [5.74, 6) is 0.0947. The number of halogens is 1. The molecule has 3 atom stereocenters. The summed E-state index contributed by atoms with van der Waals surface area (Å²) in [6.07, 6.45) is 2.86. The van der Waals surface area contributed by atoms with Crippen LogP contribution in [-0.2, 0) is 9.53 Å². The van der Waals surface area contributed by atoms with E-state index < -0.39 is 0 Å². The molecule has 15 heavy (non-hydrogen) atoms. The first-order valence-corrected chi connectivity index (χ1v) is 6.12. The van der Waals surface area contributed by atoms with E-state index >= 15 is 0 Å². The lowest BCUT2D eigenvalue weighted by molar-refractivity contribution is -0.126. The molecule has 88 valence electrons. The fourth-order valence-corrected chi connectivity index (χ4v) is 2.13. The summed E-state index contributed by atoms with van der Waals surface area (Å²) in [7, 11) is 0. The smallest absolute Gasteiger partial charge is 0.225 e. The molecule has 0 aromatic rings. The van der Waals surface area contributed by atoms with Crippen LogP contribution in [0.15, 0.2) is 0 Å². The van der Waals surface area contributed by atoms with E-state index in [4.69, 9.17) is 16.3 Å². The number of ether oxygens (including phenoxy) is 1. The summed E-state index contributed by atoms with van der Waals surface area (Å²) in [5.41, 5.74) is 0. The first kappa shape index (κ1) is 12.8. The normalized spacial score (nSPS) is 27.7. The summed E-state index contributed by atoms with van der Waals surface area (Å²) in [4.78, 5) is 11.7. The maximum absolute atomic E-state index is 11.7. The third-order valence-electron chi connectivity index (χ3n) is 2.81. The van der Waals surface area contributed by atoms with Gasteiger partial charge in [-0.05, 0) is 19.8 Å². The molecule has 3 unspecified atom stereocenters. The van der Waals surface area contributed by atoms with E-state index in [0.717, 1.165) is 19.3 Å². The molecule has 0 aliphatic carbocycles. The van der Waals surface area contributed by atoms with Crippen LogP contribution in [0.3, 0.4) is 0 Å². The SMILES string of the molecule is CCCC(Cl)CNC(=O)C1CCOC1C. The quantitative estimate of drug-likeness (QED) is 0.737. The second-order valence-electron chi connectivity index (χ2n) is 4.10. The van der Waals surface area contributed by atoms with Crippen molar-refractivity contribution in [1.82, 2.24) is 5.32 Å². The molecule has 0 aromatic carbocycles. The third-order valence-corrected chi connectivity index (χ3v) is 3.19. The van der Waals surface area contributed by atoms with Crippen molar-refractivity contribution < 1.29 is 9.53 Å². The highest BCUT2D eigenvalue weighted by atomic mass is 35.5. The van der Waals surface area contributed by atoms with Gasteiger partial charge in [-0.3, -0.25) is 4.79 Å². The zero-order valence-corrected chi connectivity index (χ0v) is 10.2. The molecular weight excluding hydrogens is 214 g/mol. The lowest BCUT2D eigenvalue weighted by Crippen LogP contribution is -2.37. The van der Waals surface area contributed by atoms with Crippen LogP contribution in [0.4, 0.5) is 0 Å². The van der Waals surface area contributed by atoms with Gasteiger partial charge in [-0.25, -0.2) is 0 Å². The number of carbonyl (C=O) groups excluding carboxylic acids is 1. The maximum Gasteiger partial charge on any atom is 0.225 e. The summed E-state index contributed by atoms with van der Waals surface area (Å²) in [5, 5.41) is 2.94. The Morgan fingerprint density at radius 3 is 2.93 bits per heavy atom. The molecule has 0 saturated carbocycles. The molecule has 1 aliphatic heterocycles. The summed E-state index contributed by atoms with van der Waals surface area (Å²) in [6.45, 7) is 5.29. The fourth-order valence-electron chi connectivity index (χ4n) is 1.83. The highest BCUT2D eigenvalue weighted by Crippen LogP contribution is 2.20. The Labute approximate surface area is 96.5 Å². The van der Waals surface area contributed by atoms with Crippen LogP contribution >= 0.6 is 11.6 Å². The van der Waals surface area contributed by atoms with Crippen molar-refractivity contribution in [1.29, 1.82) is 0 Å². The molecule has 1 rings (SSSR count). The van der Waals surface area contributed by atoms with Crippen molar-refractivity contribution in [3.05, 3.63) is 0 Å². The molecule has 1 amide bonds. The Balaban J connectivity index is 2.23. The number of nitrogens with one attached hydrogen (secondary N) is 1. The molecule has 3 nitrogen and oxygen atoms in total. The van der Waals surface area contributed by atoms with E-state index in [2.05, 4.69) is 12.2 Å². The number of hydrogen-bond donors (Lipinski definition) is 1. The van der Waals surface area contributed by atoms with Crippen LogP contribution < -0.4 is 5.32 Å². The van der Waals surface area contributed by atoms with Gasteiger partial charge in [-0.15, -0.1) is 11.6 Å². The molecule has 0 aromatic heterocycles. The monoisotopic (exact) mass is 233 g/mol. The van der Waals surface area contributed by atoms with E-state index in [1.807, 2.05) is 6.92 Å². The number of hydrogen-bond acceptors (Lipinski definition) is 2. The van der Waals surface area contributed by atoms with Gasteiger partial charge in [0.1, 0.15) is 0 Å². The van der Waals surface area contributed by atoms with Gasteiger partial charge in [0, 0.05) is 13.2 Å². The van der Waals surface area contributed by atoms with Crippen LogP contribution in [0.5, 0.6) is 0 Å². The second kappa shape index (κ2) is 6.33. The molecular formula is C11H20ClNO2. The average Bonchev–Trinajstić information content (AvgIpc) is 2.61. The van der Waals surface area contributed by atoms with Crippen LogP contribution in [0, 0.1) is 5.92 Å². The number of amides is 1. The molecule has 1 aliphatic rings. The van der Waals surface area contributed by atoms with Crippen LogP contribution in [-0.4, -0.2) is 30.5 Å². The third kappa shape index (κ3) is 3.99. The van der Waals surface area contributed by atoms with Gasteiger partial charge in [0.05, 0.1) is 17.4 Å². The topological polar surface area (TPSA) is 38.3 Å². The van der Waals surface area contributed by atoms with E-state index in [-0.39, 0.29) is 23.3 Å². The summed E-state index contributed by atoms with van der Waals surface area (Å²) >= 11 is 6.02. The minimum atomic E-state index is 0.00972. The maximum atomic E-state index is 11.7. The Kier molecular flexibility index (Phi) is 5.40. The van der Waals surface area contributed by atoms with Crippen LogP contribution in [0.2, 0.25) is 0 Å². The molecule has 0 spiro atoms. The van der Waals surface area contributed by atoms with Gasteiger partial charge in [-0.2, -0.15) is 0 Å². The molecule has 4 heteroatoms. The van der Waals surface area contributed by atoms with Gasteiger partial charge in [0.15, 0.2) is 0 Å². The van der Waals surface area contributed by atoms with Crippen molar-refractivity contribution >= 4 is 17.5 Å². The highest BCUT2D eigenvalue weighted by molar-refractivity contribution is 6.20. The van der Waals surface area contributed by atoms with Crippen LogP contribution in [0.1, 0.15) is 33.1 Å². The van der Waals surface area contributed by atoms with Gasteiger partial charge in [0.25, 0.3) is 0 Å². The lowest BCUT2D eigenvalue weighted by atomic mass is 10.0. The second-order valence-corrected chi connectivity index (χ2v) is 4.72. The number of alkyl halides is 1. The average molecular weight is 234 g/mol. The number of carbonyl (C=O) groups is 1. The molecule has 1 heterocycles. The predicted molar refractivity (Wildman–Crippen MR) is 61.1 cm³/mol. The Bertz CT molecular complexity index is 211. The van der Waals surface area contributed by atoms with Crippen molar-refractivity contribution in [2.24, 2.45) is 5.92 Å². The van der Waals surface area contributed by atoms with E-state index in [1.54, 1.807) is 0 Å². The van der Waals surface area contributed by atoms with E-state index in [0.29, 0.717) is 13.2 Å². The van der Waals surface area contributed by atoms with Gasteiger partial charge in [-0.1, -0.05) is 13.3 Å². The Hall–Kier alpha value is -0.280. The first-order valence-electron chi connectivity index (χ1n) is 5.68. The van der Waals surface area contributed by atoms with E-state index in [9.17, 15) is 4.79 Å². The minimum absolute atomic E-state index is 0.00972. The molecule has 1 N–H and O–H groups in total. The standard InChI is InChI=1S/C11H20ClNO2/c1-3-4-9(12)7-13-11(14)10-5-6-15-8(10)2/h8-10H,3-7H2,1-2H3,(H,13,14). The zero-order chi connectivity index (χ0) is 11.3. The molecule has 1 saturated heterocycles. The largest absolute Gasteiger partial charge is 0.378 e. The van der Waals surface area contributed by atoms with Crippen molar-refractivity contribution in [2.75, 3.05) is 13.2 Å². The van der Waals surface area contributed by atoms with Gasteiger partial charge < -0.3 is 10.1 Å². The van der Waals surface area contributed by atoms with Gasteiger partial charge >= 0.3 is 0 Å². The van der Waals surface area contributed by atoms with Crippen LogP contribution in [0.25, 0.3) is 0 Å². The molecule has 0 bridgehead atoms. The minimum Gasteiger partial charge on any atom is -0.378 e. The summed E-state index contributed by atoms with van der Waals surface area (Å²) < 4.78 is 5.35. The first-order chi connectivity index (χ1) is 7.15. The fraction of sp³-hybridized carbons (Fsp3) is 0.909. The number of rotatable bonds is 5. The Morgan fingerprint density at radius 1 is 1.67 bits per heavy atom. The van der Waals surface area contributed by atoms with Crippen molar-refractivity contribution in [3.8, 4) is 0 Å². The van der Waals surface area contributed by atoms with Crippen molar-refractivity contribution in [3.63, 3.8) is 0 Å². The zero-order valence-electron chi connectivity index (χ0n) is 9.46. The van der Waals surface area contributed by atoms with E-state index in [1.165, 1.54) is 0 Å². The Morgan fingerprint density at radius 2 is 2.40 bits per heavy atom. The van der Waals surface area contributed by atoms with Crippen molar-refractivity contribution in [2.45, 2.75) is 44.6 Å². The highest BCUT2D eigenvalue weighted by Gasteiger charge is 2.30.